The molecule has 114 valence electrons. The third-order valence-electron chi connectivity index (χ3n) is 3.91. The number of piperidine rings is 1. The number of hydrogen-bond donors (Lipinski definition) is 0. The first-order chi connectivity index (χ1) is 9.97. The largest absolute Gasteiger partial charge is 0.349 e. The van der Waals surface area contributed by atoms with E-state index in [1.807, 2.05) is 0 Å². The molecule has 1 aromatic rings. The summed E-state index contributed by atoms with van der Waals surface area (Å²) in [6.45, 7) is 1.23. The minimum Gasteiger partial charge on any atom is -0.349 e. The molecular weight excluding hydrogens is 271 g/mol. The Balaban J connectivity index is 1.86. The Labute approximate surface area is 124 Å². The van der Waals surface area contributed by atoms with Crippen molar-refractivity contribution in [1.29, 1.82) is 0 Å². The molecular formula is C16H21FN2O2. The topological polar surface area (TPSA) is 40.6 Å². The molecule has 21 heavy (non-hydrogen) atoms. The third-order valence-corrected chi connectivity index (χ3v) is 3.91. The fraction of sp³-hybridized carbons (Fsp3) is 0.500. The molecule has 0 aliphatic carbocycles. The van der Waals surface area contributed by atoms with Gasteiger partial charge in [-0.15, -0.1) is 0 Å². The Hall–Kier alpha value is -1.91. The standard InChI is InChI=1S/C16H21FN2O2/c1-18(2)16(21)13-7-9-19(10-8-13)15(20)11-12-3-5-14(17)6-4-12/h3-6,13H,7-11H2,1-2H3. The Morgan fingerprint density at radius 2 is 1.76 bits per heavy atom. The average molecular weight is 292 g/mol. The van der Waals surface area contributed by atoms with Crippen molar-refractivity contribution in [2.75, 3.05) is 27.2 Å². The molecule has 0 unspecified atom stereocenters. The van der Waals surface area contributed by atoms with Crippen molar-refractivity contribution in [3.63, 3.8) is 0 Å². The first-order valence-corrected chi connectivity index (χ1v) is 7.20. The molecule has 1 aliphatic heterocycles. The van der Waals surface area contributed by atoms with Gasteiger partial charge in [0.15, 0.2) is 0 Å². The number of halogens is 1. The van der Waals surface area contributed by atoms with Crippen LogP contribution in [0.15, 0.2) is 24.3 Å². The SMILES string of the molecule is CN(C)C(=O)C1CCN(C(=O)Cc2ccc(F)cc2)CC1. The highest BCUT2D eigenvalue weighted by atomic mass is 19.1. The predicted molar refractivity (Wildman–Crippen MR) is 78.1 cm³/mol. The molecule has 1 heterocycles. The van der Waals surface area contributed by atoms with Crippen LogP contribution in [0.2, 0.25) is 0 Å². The van der Waals surface area contributed by atoms with E-state index < -0.39 is 0 Å². The molecule has 0 N–H and O–H groups in total. The van der Waals surface area contributed by atoms with Crippen LogP contribution in [0.25, 0.3) is 0 Å². The zero-order valence-corrected chi connectivity index (χ0v) is 12.5. The average Bonchev–Trinajstić information content (AvgIpc) is 2.49. The second-order valence-electron chi connectivity index (χ2n) is 5.69. The molecule has 2 rings (SSSR count). The van der Waals surface area contributed by atoms with Gasteiger partial charge in [-0.1, -0.05) is 12.1 Å². The van der Waals surface area contributed by atoms with E-state index in [1.165, 1.54) is 12.1 Å². The van der Waals surface area contributed by atoms with Gasteiger partial charge in [-0.3, -0.25) is 9.59 Å². The molecule has 0 spiro atoms. The van der Waals surface area contributed by atoms with E-state index in [9.17, 15) is 14.0 Å². The van der Waals surface area contributed by atoms with E-state index in [4.69, 9.17) is 0 Å². The number of rotatable bonds is 3. The molecule has 1 aliphatic rings. The lowest BCUT2D eigenvalue weighted by atomic mass is 9.95. The van der Waals surface area contributed by atoms with E-state index in [2.05, 4.69) is 0 Å². The molecule has 2 amide bonds. The maximum Gasteiger partial charge on any atom is 0.226 e. The lowest BCUT2D eigenvalue weighted by Gasteiger charge is -2.32. The number of nitrogens with zero attached hydrogens (tertiary/aromatic N) is 2. The summed E-state index contributed by atoms with van der Waals surface area (Å²) < 4.78 is 12.8. The number of amides is 2. The highest BCUT2D eigenvalue weighted by Crippen LogP contribution is 2.19. The van der Waals surface area contributed by atoms with E-state index in [0.717, 1.165) is 5.56 Å². The van der Waals surface area contributed by atoms with Crippen molar-refractivity contribution in [1.82, 2.24) is 9.80 Å². The van der Waals surface area contributed by atoms with Crippen LogP contribution < -0.4 is 0 Å². The van der Waals surface area contributed by atoms with Gasteiger partial charge in [-0.05, 0) is 30.5 Å². The van der Waals surface area contributed by atoms with Gasteiger partial charge in [0, 0.05) is 33.1 Å². The summed E-state index contributed by atoms with van der Waals surface area (Å²) >= 11 is 0. The van der Waals surface area contributed by atoms with E-state index in [1.54, 1.807) is 36.0 Å². The molecule has 5 heteroatoms. The number of likely N-dealkylation sites (tertiary alicyclic amines) is 1. The van der Waals surface area contributed by atoms with Gasteiger partial charge in [0.1, 0.15) is 5.82 Å². The first kappa shape index (κ1) is 15.5. The van der Waals surface area contributed by atoms with Crippen molar-refractivity contribution >= 4 is 11.8 Å². The van der Waals surface area contributed by atoms with E-state index >= 15 is 0 Å². The van der Waals surface area contributed by atoms with Crippen LogP contribution >= 0.6 is 0 Å². The zero-order valence-electron chi connectivity index (χ0n) is 12.5. The fourth-order valence-electron chi connectivity index (χ4n) is 2.63. The highest BCUT2D eigenvalue weighted by Gasteiger charge is 2.27. The van der Waals surface area contributed by atoms with Gasteiger partial charge in [0.25, 0.3) is 0 Å². The predicted octanol–water partition coefficient (Wildman–Crippen LogP) is 1.69. The van der Waals surface area contributed by atoms with Crippen LogP contribution in [0.3, 0.4) is 0 Å². The van der Waals surface area contributed by atoms with Gasteiger partial charge in [0.05, 0.1) is 6.42 Å². The second kappa shape index (κ2) is 6.70. The van der Waals surface area contributed by atoms with Gasteiger partial charge < -0.3 is 9.80 Å². The van der Waals surface area contributed by atoms with Crippen molar-refractivity contribution in [3.05, 3.63) is 35.6 Å². The van der Waals surface area contributed by atoms with Crippen LogP contribution in [-0.2, 0) is 16.0 Å². The van der Waals surface area contributed by atoms with E-state index in [-0.39, 0.29) is 30.0 Å². The van der Waals surface area contributed by atoms with Gasteiger partial charge >= 0.3 is 0 Å². The number of carbonyl (C=O) groups excluding carboxylic acids is 2. The lowest BCUT2D eigenvalue weighted by molar-refractivity contribution is -0.138. The minimum atomic E-state index is -0.297. The molecule has 1 aromatic carbocycles. The first-order valence-electron chi connectivity index (χ1n) is 7.20. The highest BCUT2D eigenvalue weighted by molar-refractivity contribution is 5.80. The molecule has 4 nitrogen and oxygen atoms in total. The smallest absolute Gasteiger partial charge is 0.226 e. The molecule has 0 saturated carbocycles. The zero-order chi connectivity index (χ0) is 15.4. The number of benzene rings is 1. The van der Waals surface area contributed by atoms with Crippen LogP contribution in [0.1, 0.15) is 18.4 Å². The summed E-state index contributed by atoms with van der Waals surface area (Å²) in [6.07, 6.45) is 1.71. The Kier molecular flexibility index (Phi) is 4.94. The van der Waals surface area contributed by atoms with Crippen LogP contribution in [0.5, 0.6) is 0 Å². The van der Waals surface area contributed by atoms with Crippen molar-refractivity contribution in [3.8, 4) is 0 Å². The Bertz CT molecular complexity index is 506. The van der Waals surface area contributed by atoms with Gasteiger partial charge in [-0.25, -0.2) is 4.39 Å². The van der Waals surface area contributed by atoms with Gasteiger partial charge in [-0.2, -0.15) is 0 Å². The van der Waals surface area contributed by atoms with Crippen molar-refractivity contribution in [2.45, 2.75) is 19.3 Å². The molecule has 0 atom stereocenters. The van der Waals surface area contributed by atoms with Crippen LogP contribution in [0, 0.1) is 11.7 Å². The van der Waals surface area contributed by atoms with Crippen molar-refractivity contribution < 1.29 is 14.0 Å². The summed E-state index contributed by atoms with van der Waals surface area (Å²) in [5, 5.41) is 0. The number of hydrogen-bond acceptors (Lipinski definition) is 2. The molecule has 0 radical (unpaired) electrons. The lowest BCUT2D eigenvalue weighted by Crippen LogP contribution is -2.43. The number of carbonyl (C=O) groups is 2. The fourth-order valence-corrected chi connectivity index (χ4v) is 2.63. The normalized spacial score (nSPS) is 15.9. The Morgan fingerprint density at radius 3 is 2.29 bits per heavy atom. The molecule has 1 saturated heterocycles. The summed E-state index contributed by atoms with van der Waals surface area (Å²) in [5.41, 5.74) is 0.813. The summed E-state index contributed by atoms with van der Waals surface area (Å²) in [4.78, 5) is 27.5. The molecule has 0 bridgehead atoms. The van der Waals surface area contributed by atoms with Crippen LogP contribution in [0.4, 0.5) is 4.39 Å². The molecule has 0 aromatic heterocycles. The summed E-state index contributed by atoms with van der Waals surface area (Å²) in [6, 6.07) is 6.00. The second-order valence-corrected chi connectivity index (χ2v) is 5.69. The summed E-state index contributed by atoms with van der Waals surface area (Å²) in [5.74, 6) is -0.0953. The third kappa shape index (κ3) is 4.03. The summed E-state index contributed by atoms with van der Waals surface area (Å²) in [7, 11) is 3.52. The maximum absolute atomic E-state index is 12.8. The quantitative estimate of drug-likeness (QED) is 0.850. The van der Waals surface area contributed by atoms with E-state index in [0.29, 0.717) is 25.9 Å². The van der Waals surface area contributed by atoms with Crippen LogP contribution in [-0.4, -0.2) is 48.8 Å². The van der Waals surface area contributed by atoms with Crippen molar-refractivity contribution in [2.24, 2.45) is 5.92 Å². The molecule has 1 fully saturated rings. The van der Waals surface area contributed by atoms with Gasteiger partial charge in [0.2, 0.25) is 11.8 Å². The maximum atomic E-state index is 12.8. The monoisotopic (exact) mass is 292 g/mol. The Morgan fingerprint density at radius 1 is 1.19 bits per heavy atom. The minimum absolute atomic E-state index is 0.0230.